The van der Waals surface area contributed by atoms with Crippen LogP contribution in [0.25, 0.3) is 0 Å². The first kappa shape index (κ1) is 16.2. The molecule has 0 radical (unpaired) electrons. The quantitative estimate of drug-likeness (QED) is 0.594. The van der Waals surface area contributed by atoms with Gasteiger partial charge in [0.15, 0.2) is 0 Å². The molecule has 0 aromatic heterocycles. The number of hydrogen-bond donors (Lipinski definition) is 0. The lowest BCUT2D eigenvalue weighted by molar-refractivity contribution is 0.887. The minimum Gasteiger partial charge on any atom is -0.0842 e. The van der Waals surface area contributed by atoms with Crippen LogP contribution in [0.1, 0.15) is 19.3 Å². The predicted octanol–water partition coefficient (Wildman–Crippen LogP) is 4.89. The van der Waals surface area contributed by atoms with Crippen molar-refractivity contribution in [3.05, 3.63) is 103 Å². The molecule has 0 saturated carbocycles. The van der Waals surface area contributed by atoms with Crippen molar-refractivity contribution >= 4 is 28.1 Å². The maximum Gasteiger partial charge on any atom is -0.0158 e. The summed E-state index contributed by atoms with van der Waals surface area (Å²) in [6, 6.07) is 33.4. The van der Waals surface area contributed by atoms with Gasteiger partial charge in [0.05, 0.1) is 0 Å². The first-order valence-corrected chi connectivity index (χ1v) is 10.8. The van der Waals surface area contributed by atoms with Gasteiger partial charge in [-0.1, -0.05) is 103 Å². The molecule has 1 aliphatic carbocycles. The molecule has 3 aromatic rings. The van der Waals surface area contributed by atoms with Crippen molar-refractivity contribution < 1.29 is 0 Å². The van der Waals surface area contributed by atoms with Gasteiger partial charge in [-0.25, -0.2) is 0 Å². The first-order chi connectivity index (χ1) is 12.4. The van der Waals surface area contributed by atoms with E-state index in [2.05, 4.69) is 103 Å². The minimum atomic E-state index is -1.80. The molecule has 1 heteroatoms. The fourth-order valence-electron chi connectivity index (χ4n) is 3.88. The third-order valence-corrected chi connectivity index (χ3v) is 9.43. The van der Waals surface area contributed by atoms with Crippen LogP contribution in [-0.4, -0.2) is 5.29 Å². The second-order valence-electron chi connectivity index (χ2n) is 6.46. The van der Waals surface area contributed by atoms with Crippen molar-refractivity contribution in [3.63, 3.8) is 0 Å². The highest BCUT2D eigenvalue weighted by atomic mass is 31.2. The van der Waals surface area contributed by atoms with Crippen molar-refractivity contribution in [2.75, 3.05) is 0 Å². The Hall–Kier alpha value is -2.30. The molecular weight excluding hydrogens is 319 g/mol. The molecule has 0 fully saturated rings. The summed E-state index contributed by atoms with van der Waals surface area (Å²) < 4.78 is 0. The number of allylic oxidation sites excluding steroid dienone is 2. The van der Waals surface area contributed by atoms with Crippen LogP contribution in [0.3, 0.4) is 0 Å². The summed E-state index contributed by atoms with van der Waals surface area (Å²) in [5.74, 6) is 0. The lowest BCUT2D eigenvalue weighted by Crippen LogP contribution is -2.30. The van der Waals surface area contributed by atoms with Crippen molar-refractivity contribution in [1.29, 1.82) is 0 Å². The molecule has 0 nitrogen and oxygen atoms in total. The molecule has 25 heavy (non-hydrogen) atoms. The Labute approximate surface area is 150 Å². The Balaban J connectivity index is 2.17. The Morgan fingerprint density at radius 3 is 1.36 bits per heavy atom. The predicted molar refractivity (Wildman–Crippen MR) is 113 cm³/mol. The fraction of sp³-hybridized carbons (Fsp3) is 0.125. The lowest BCUT2D eigenvalue weighted by atomic mass is 10.1. The van der Waals surface area contributed by atoms with Crippen LogP contribution in [-0.2, 0) is 0 Å². The average Bonchev–Trinajstić information content (AvgIpc) is 2.72. The van der Waals surface area contributed by atoms with Crippen LogP contribution in [0, 0.1) is 0 Å². The molecule has 0 saturated heterocycles. The van der Waals surface area contributed by atoms with E-state index in [1.54, 1.807) is 5.29 Å². The molecule has 3 aromatic carbocycles. The van der Waals surface area contributed by atoms with Gasteiger partial charge in [-0.2, -0.15) is 0 Å². The largest absolute Gasteiger partial charge is 0.0842 e. The highest BCUT2D eigenvalue weighted by Crippen LogP contribution is 2.47. The number of benzene rings is 3. The second kappa shape index (κ2) is 7.30. The molecule has 0 amide bonds. The van der Waals surface area contributed by atoms with Gasteiger partial charge in [0, 0.05) is 0 Å². The van der Waals surface area contributed by atoms with Gasteiger partial charge in [-0.05, 0) is 47.4 Å². The smallest absolute Gasteiger partial charge is 0.0158 e. The van der Waals surface area contributed by atoms with Gasteiger partial charge in [-0.15, -0.1) is 0 Å². The summed E-state index contributed by atoms with van der Waals surface area (Å²) in [5, 5.41) is 5.96. The van der Waals surface area contributed by atoms with Crippen LogP contribution in [0.4, 0.5) is 0 Å². The van der Waals surface area contributed by atoms with Gasteiger partial charge < -0.3 is 0 Å². The van der Waals surface area contributed by atoms with Crippen molar-refractivity contribution in [3.8, 4) is 0 Å². The van der Waals surface area contributed by atoms with Crippen LogP contribution in [0.2, 0.25) is 0 Å². The zero-order chi connectivity index (χ0) is 17.0. The van der Waals surface area contributed by atoms with Gasteiger partial charge >= 0.3 is 0 Å². The van der Waals surface area contributed by atoms with E-state index in [1.165, 1.54) is 35.2 Å². The maximum absolute atomic E-state index is 2.42. The van der Waals surface area contributed by atoms with Crippen molar-refractivity contribution in [2.24, 2.45) is 0 Å². The van der Waals surface area contributed by atoms with Gasteiger partial charge in [0.1, 0.15) is 0 Å². The van der Waals surface area contributed by atoms with E-state index in [4.69, 9.17) is 0 Å². The van der Waals surface area contributed by atoms with Gasteiger partial charge in [0.2, 0.25) is 0 Å². The Bertz CT molecular complexity index is 803. The lowest BCUT2D eigenvalue weighted by Gasteiger charge is -2.33. The zero-order valence-corrected chi connectivity index (χ0v) is 15.3. The van der Waals surface area contributed by atoms with E-state index in [9.17, 15) is 0 Å². The van der Waals surface area contributed by atoms with Crippen LogP contribution in [0.15, 0.2) is 103 Å². The Kier molecular flexibility index (Phi) is 4.72. The molecule has 0 atom stereocenters. The number of rotatable bonds is 3. The zero-order valence-electron chi connectivity index (χ0n) is 14.4. The third kappa shape index (κ3) is 2.92. The second-order valence-corrected chi connectivity index (χ2v) is 9.93. The summed E-state index contributed by atoms with van der Waals surface area (Å²) in [6.07, 6.45) is 8.41. The normalized spacial score (nSPS) is 14.5. The minimum absolute atomic E-state index is 1.18. The van der Waals surface area contributed by atoms with E-state index in [0.29, 0.717) is 0 Å². The van der Waals surface area contributed by atoms with Crippen LogP contribution < -0.4 is 15.9 Å². The molecule has 0 bridgehead atoms. The SMILES string of the molecule is C1=CC(=P(c2ccccc2)(c2ccccc2)c2ccccc2)CCC1. The molecule has 0 unspecified atom stereocenters. The summed E-state index contributed by atoms with van der Waals surface area (Å²) >= 11 is 0. The highest BCUT2D eigenvalue weighted by molar-refractivity contribution is 7.95. The van der Waals surface area contributed by atoms with E-state index < -0.39 is 6.89 Å². The molecule has 0 heterocycles. The van der Waals surface area contributed by atoms with Crippen LogP contribution >= 0.6 is 6.89 Å². The Morgan fingerprint density at radius 2 is 1.00 bits per heavy atom. The summed E-state index contributed by atoms with van der Waals surface area (Å²) in [6.45, 7) is -1.80. The van der Waals surface area contributed by atoms with E-state index in [0.717, 1.165) is 0 Å². The molecule has 0 aliphatic heterocycles. The van der Waals surface area contributed by atoms with Gasteiger partial charge in [-0.3, -0.25) is 0 Å². The Morgan fingerprint density at radius 1 is 0.560 bits per heavy atom. The fourth-order valence-corrected chi connectivity index (χ4v) is 8.45. The van der Waals surface area contributed by atoms with E-state index >= 15 is 0 Å². The number of hydrogen-bond acceptors (Lipinski definition) is 0. The molecule has 0 N–H and O–H groups in total. The van der Waals surface area contributed by atoms with Crippen molar-refractivity contribution in [1.82, 2.24) is 0 Å². The standard InChI is InChI=1S/C24H23P/c1-5-13-21(14-6-1)25(22-15-7-2-8-16-22,23-17-9-3-10-18-23)24-19-11-4-12-20-24/h1-3,5-11,13-19H,4,12,20H2. The molecule has 0 spiro atoms. The maximum atomic E-state index is 2.42. The summed E-state index contributed by atoms with van der Waals surface area (Å²) in [7, 11) is 0. The molecule has 124 valence electrons. The first-order valence-electron chi connectivity index (χ1n) is 9.01. The molecule has 1 aliphatic rings. The van der Waals surface area contributed by atoms with Gasteiger partial charge in [0.25, 0.3) is 0 Å². The summed E-state index contributed by atoms with van der Waals surface area (Å²) in [4.78, 5) is 0. The highest BCUT2D eigenvalue weighted by Gasteiger charge is 2.28. The molecule has 4 rings (SSSR count). The van der Waals surface area contributed by atoms with Crippen LogP contribution in [0.5, 0.6) is 0 Å². The van der Waals surface area contributed by atoms with E-state index in [1.807, 2.05) is 0 Å². The average molecular weight is 342 g/mol. The van der Waals surface area contributed by atoms with E-state index in [-0.39, 0.29) is 0 Å². The summed E-state index contributed by atoms with van der Waals surface area (Å²) in [5.41, 5.74) is 0. The topological polar surface area (TPSA) is 0 Å². The third-order valence-electron chi connectivity index (χ3n) is 4.98. The monoisotopic (exact) mass is 342 g/mol. The molecular formula is C24H23P. The van der Waals surface area contributed by atoms with Crippen molar-refractivity contribution in [2.45, 2.75) is 19.3 Å².